The van der Waals surface area contributed by atoms with Crippen molar-refractivity contribution >= 4 is 0 Å². The molecule has 2 heterocycles. The van der Waals surface area contributed by atoms with Gasteiger partial charge in [0.25, 0.3) is 0 Å². The van der Waals surface area contributed by atoms with Crippen molar-refractivity contribution in [2.75, 3.05) is 0 Å². The summed E-state index contributed by atoms with van der Waals surface area (Å²) in [5.41, 5.74) is -11.7. The summed E-state index contributed by atoms with van der Waals surface area (Å²) in [6.45, 7) is 2.64. The maximum atomic E-state index is 9.43. The standard InChI is InChI=1S/2C47H33N3/c1-31-13-8-21-37(27-31)46-48-45(33-16-6-3-7-17-33)49-47(50-46)38-22-10-20-36(29-38)40-24-12-26-42-41-25-11-23-39(43(41)30-44(40)42)35-19-9-18-34(28-35)32-14-4-2-5-15-32;1-31-12-8-18-37(28-31)46-48-45(35-15-6-3-7-16-35)49-47(50-46)38-19-9-17-36(29-38)40-21-11-23-42-41-22-10-20-39(43(41)30-44(40)42)34-26-24-33(25-27-34)32-13-4-2-5-14-32/h2*2-29H,30H2,1H3/i2*2D,3D,4D,5D,6D,7D,8D,9D,10D,11D,12D,13D,14D,15D,16D,17D,18D,19D,20D,21D,22D,23D,24D,25D,26D,27D,28D. The molecule has 0 saturated heterocycles. The highest BCUT2D eigenvalue weighted by Crippen LogP contribution is 2.48. The van der Waals surface area contributed by atoms with Crippen molar-refractivity contribution in [1.29, 1.82) is 0 Å². The number of rotatable bonds is 12. The molecule has 0 radical (unpaired) electrons. The van der Waals surface area contributed by atoms with E-state index in [4.69, 9.17) is 61.7 Å². The molecule has 0 atom stereocenters. The molecule has 2 aliphatic rings. The molecule has 6 heteroatoms. The van der Waals surface area contributed by atoms with Gasteiger partial charge < -0.3 is 0 Å². The zero-order chi connectivity index (χ0) is 114. The van der Waals surface area contributed by atoms with E-state index in [0.717, 1.165) is 12.1 Å². The van der Waals surface area contributed by atoms with Crippen LogP contribution in [0.2, 0.25) is 0 Å². The van der Waals surface area contributed by atoms with Gasteiger partial charge in [0.15, 0.2) is 34.9 Å². The molecule has 14 aromatic carbocycles. The molecule has 16 aromatic rings. The third-order valence-corrected chi connectivity index (χ3v) is 15.4. The van der Waals surface area contributed by atoms with Crippen LogP contribution >= 0.6 is 0 Å². The quantitative estimate of drug-likeness (QED) is 0.121. The number of fused-ring (bicyclic) bond motifs is 6. The molecule has 0 aliphatic heterocycles. The van der Waals surface area contributed by atoms with Gasteiger partial charge in [0.05, 0.1) is 74.0 Å². The molecule has 6 nitrogen and oxygen atoms in total. The van der Waals surface area contributed by atoms with Gasteiger partial charge in [-0.05, 0) is 168 Å². The Morgan fingerprint density at radius 1 is 0.190 bits per heavy atom. The van der Waals surface area contributed by atoms with Crippen molar-refractivity contribution in [3.63, 3.8) is 0 Å². The zero-order valence-corrected chi connectivity index (χ0v) is 51.3. The highest BCUT2D eigenvalue weighted by Gasteiger charge is 2.27. The molecule has 472 valence electrons. The van der Waals surface area contributed by atoms with Crippen LogP contribution in [0.1, 0.15) is 107 Å². The number of hydrogen-bond donors (Lipinski definition) is 0. The van der Waals surface area contributed by atoms with Crippen molar-refractivity contribution in [2.45, 2.75) is 26.7 Å². The first kappa shape index (κ1) is 26.2. The van der Waals surface area contributed by atoms with Crippen molar-refractivity contribution in [2.24, 2.45) is 0 Å². The molecule has 0 unspecified atom stereocenters. The molecule has 0 spiro atoms. The summed E-state index contributed by atoms with van der Waals surface area (Å²) >= 11 is 0. The average Bonchev–Trinajstić information content (AvgIpc) is 1.53. The SMILES string of the molecule is [2H]c1c(-c2nc(-c3c([2H])c([2H])c([2H])c([2H])c3[2H])nc(-c3c([2H])c([2H])c([2H])c(C)c3[2H])n2)cc(-c2c([2H])c([2H])c([2H])c3c2Cc2c(-c4c([2H])c([2H])c(-c5c([2H])c([2H])c([2H])c([2H])c5[2H])c([2H])c4[2H])c([2H])c([2H])c([2H])c2-3)c([2H])c1[2H].[2H]c1c(-c2nc(-c3c([2H])c([2H])c([2H])c([2H])c3[2H])nc(-c3c([2H])c([2H])c([2H])c(C)c3[2H])n2)cc(-c2c([2H])c([2H])c([2H])c3c2Cc2c(-c4c([2H])c([2H])c([2H])c(-c5c([2H])c([2H])c([2H])c([2H])c5[2H])c4[2H])c([2H])c([2H])c([2H])c2-3)c([2H])c1[2H]. The fraction of sp³-hybridized carbons (Fsp3) is 0.0426. The average molecular weight is 1330 g/mol. The summed E-state index contributed by atoms with van der Waals surface area (Å²) in [6, 6.07) is -40.4. The third kappa shape index (κ3) is 12.1. The number of nitrogens with zero attached hydrogens (tertiary/aromatic N) is 6. The van der Waals surface area contributed by atoms with Crippen LogP contribution in [-0.4, -0.2) is 29.9 Å². The summed E-state index contributed by atoms with van der Waals surface area (Å²) in [7, 11) is 0. The highest BCUT2D eigenvalue weighted by atomic mass is 15.0. The maximum absolute atomic E-state index is 9.43. The maximum Gasteiger partial charge on any atom is 0.164 e. The predicted octanol–water partition coefficient (Wildman–Crippen LogP) is 23.5. The summed E-state index contributed by atoms with van der Waals surface area (Å²) in [4.78, 5) is 26.2. The molecule has 2 aromatic heterocycles. The largest absolute Gasteiger partial charge is 0.208 e. The van der Waals surface area contributed by atoms with Crippen LogP contribution < -0.4 is 0 Å². The summed E-state index contributed by atoms with van der Waals surface area (Å²) < 4.78 is 474. The second-order valence-corrected chi connectivity index (χ2v) is 21.6. The Hall–Kier alpha value is -12.9. The highest BCUT2D eigenvalue weighted by molar-refractivity contribution is 5.93. The van der Waals surface area contributed by atoms with Gasteiger partial charge in [-0.15, -0.1) is 0 Å². The van der Waals surface area contributed by atoms with E-state index in [1.165, 1.54) is 13.8 Å². The molecule has 100 heavy (non-hydrogen) atoms. The van der Waals surface area contributed by atoms with Gasteiger partial charge in [0.1, 0.15) is 0 Å². The van der Waals surface area contributed by atoms with E-state index < -0.39 is 463 Å². The first-order valence-corrected chi connectivity index (χ1v) is 29.8. The predicted molar refractivity (Wildman–Crippen MR) is 411 cm³/mol. The summed E-state index contributed by atoms with van der Waals surface area (Å²) in [6.07, 6.45) is -1.14. The van der Waals surface area contributed by atoms with Crippen LogP contribution in [0, 0.1) is 13.8 Å². The van der Waals surface area contributed by atoms with E-state index in [1.807, 2.05) is 0 Å². The Morgan fingerprint density at radius 2 is 0.440 bits per heavy atom. The van der Waals surface area contributed by atoms with Crippen LogP contribution in [0.15, 0.2) is 338 Å². The van der Waals surface area contributed by atoms with Gasteiger partial charge >= 0.3 is 0 Å². The van der Waals surface area contributed by atoms with Gasteiger partial charge in [-0.1, -0.05) is 319 Å². The minimum atomic E-state index is -0.922. The second-order valence-electron chi connectivity index (χ2n) is 21.6. The monoisotopic (exact) mass is 1330 g/mol. The fourth-order valence-electron chi connectivity index (χ4n) is 11.0. The van der Waals surface area contributed by atoms with E-state index in [1.54, 1.807) is 0 Å². The lowest BCUT2D eigenvalue weighted by atomic mass is 9.93. The number of aromatic nitrogens is 6. The Morgan fingerprint density at radius 3 is 0.850 bits per heavy atom. The Balaban J connectivity index is 0.000000209. The van der Waals surface area contributed by atoms with Crippen LogP contribution in [0.4, 0.5) is 0 Å². The molecule has 0 bridgehead atoms. The fourth-order valence-corrected chi connectivity index (χ4v) is 11.0. The minimum Gasteiger partial charge on any atom is -0.208 e. The van der Waals surface area contributed by atoms with E-state index >= 15 is 0 Å². The lowest BCUT2D eigenvalue weighted by molar-refractivity contribution is 1.07. The van der Waals surface area contributed by atoms with Crippen LogP contribution in [0.25, 0.3) is 157 Å². The van der Waals surface area contributed by atoms with Crippen LogP contribution in [0.3, 0.4) is 0 Å². The van der Waals surface area contributed by atoms with Crippen LogP contribution in [0.5, 0.6) is 0 Å². The third-order valence-electron chi connectivity index (χ3n) is 15.4. The van der Waals surface area contributed by atoms with Crippen molar-refractivity contribution < 1.29 is 74.0 Å². The van der Waals surface area contributed by atoms with Crippen molar-refractivity contribution in [3.05, 3.63) is 372 Å². The number of hydrogen-bond acceptors (Lipinski definition) is 6. The lowest BCUT2D eigenvalue weighted by Crippen LogP contribution is -2.00. The Bertz CT molecular complexity index is 8780. The van der Waals surface area contributed by atoms with Crippen LogP contribution in [-0.2, 0) is 12.8 Å². The smallest absolute Gasteiger partial charge is 0.164 e. The minimum absolute atomic E-state index is 0.0951. The first-order chi connectivity index (χ1) is 71.8. The van der Waals surface area contributed by atoms with E-state index in [2.05, 4.69) is 29.9 Å². The molecular formula is C94H66N6. The molecule has 0 N–H and O–H groups in total. The van der Waals surface area contributed by atoms with Crippen molar-refractivity contribution in [3.8, 4) is 157 Å². The van der Waals surface area contributed by atoms with Gasteiger partial charge in [-0.25, -0.2) is 29.9 Å². The Labute approximate surface area is 659 Å². The molecule has 18 rings (SSSR count). The van der Waals surface area contributed by atoms with Crippen molar-refractivity contribution in [1.82, 2.24) is 29.9 Å². The van der Waals surface area contributed by atoms with Gasteiger partial charge in [0.2, 0.25) is 0 Å². The normalized spacial score (nSPS) is 19.2. The first-order valence-electron chi connectivity index (χ1n) is 56.8. The zero-order valence-electron chi connectivity index (χ0n) is 105. The molecule has 2 aliphatic carbocycles. The summed E-state index contributed by atoms with van der Waals surface area (Å²) in [5.74, 6) is -3.84. The topological polar surface area (TPSA) is 77.3 Å². The van der Waals surface area contributed by atoms with E-state index in [9.17, 15) is 12.3 Å². The molecule has 0 fully saturated rings. The Kier molecular flexibility index (Phi) is 6.96. The second kappa shape index (κ2) is 26.6. The lowest BCUT2D eigenvalue weighted by Gasteiger charge is -2.12. The van der Waals surface area contributed by atoms with Gasteiger partial charge in [-0.2, -0.15) is 0 Å². The van der Waals surface area contributed by atoms with E-state index in [-0.39, 0.29) is 66.8 Å². The number of benzene rings is 14. The van der Waals surface area contributed by atoms with E-state index in [0.29, 0.717) is 0 Å². The van der Waals surface area contributed by atoms with Gasteiger partial charge in [-0.3, -0.25) is 0 Å². The molecular weight excluding hydrogens is 1210 g/mol. The summed E-state index contributed by atoms with van der Waals surface area (Å²) in [5, 5.41) is 0. The van der Waals surface area contributed by atoms with Gasteiger partial charge in [0, 0.05) is 33.4 Å². The molecule has 0 amide bonds. The molecule has 0 saturated carbocycles.